The lowest BCUT2D eigenvalue weighted by molar-refractivity contribution is -0.123. The molecule has 2 aromatic carbocycles. The summed E-state index contributed by atoms with van der Waals surface area (Å²) < 4.78 is 33.8. The van der Waals surface area contributed by atoms with E-state index < -0.39 is 21.8 Å². The molecule has 0 aromatic heterocycles. The van der Waals surface area contributed by atoms with Gasteiger partial charge in [0.25, 0.3) is 5.91 Å². The predicted octanol–water partition coefficient (Wildman–Crippen LogP) is 2.92. The fourth-order valence-corrected chi connectivity index (χ4v) is 5.18. The van der Waals surface area contributed by atoms with Crippen LogP contribution >= 0.6 is 11.6 Å². The highest BCUT2D eigenvalue weighted by Gasteiger charge is 2.30. The Labute approximate surface area is 185 Å². The van der Waals surface area contributed by atoms with Crippen molar-refractivity contribution in [2.45, 2.75) is 36.6 Å². The number of anilines is 2. The molecule has 0 bridgehead atoms. The number of nitrogens with one attached hydrogen (secondary N) is 2. The van der Waals surface area contributed by atoms with Crippen molar-refractivity contribution < 1.29 is 22.7 Å². The van der Waals surface area contributed by atoms with E-state index in [2.05, 4.69) is 10.0 Å². The van der Waals surface area contributed by atoms with Crippen molar-refractivity contribution in [1.82, 2.24) is 4.72 Å². The van der Waals surface area contributed by atoms with Crippen molar-refractivity contribution in [1.29, 1.82) is 0 Å². The highest BCUT2D eigenvalue weighted by Crippen LogP contribution is 2.34. The molecule has 1 heterocycles. The van der Waals surface area contributed by atoms with Crippen LogP contribution in [0.5, 0.6) is 5.75 Å². The number of hydrogen-bond acceptors (Lipinski definition) is 5. The number of fused-ring (bicyclic) bond motifs is 1. The summed E-state index contributed by atoms with van der Waals surface area (Å²) in [4.78, 5) is 26.3. The molecule has 2 amide bonds. The first-order valence-corrected chi connectivity index (χ1v) is 11.8. The average molecular weight is 464 g/mol. The van der Waals surface area contributed by atoms with Gasteiger partial charge in [-0.1, -0.05) is 24.4 Å². The maximum atomic E-state index is 12.8. The first-order chi connectivity index (χ1) is 14.8. The Morgan fingerprint density at radius 2 is 1.84 bits per heavy atom. The van der Waals surface area contributed by atoms with Crippen LogP contribution in [0.4, 0.5) is 11.4 Å². The van der Waals surface area contributed by atoms with Crippen LogP contribution in [0, 0.1) is 0 Å². The van der Waals surface area contributed by atoms with Gasteiger partial charge in [0.1, 0.15) is 12.3 Å². The summed E-state index contributed by atoms with van der Waals surface area (Å²) in [5.74, 6) is -0.517. The zero-order chi connectivity index (χ0) is 22.0. The number of carbonyl (C=O) groups is 2. The average Bonchev–Trinajstić information content (AvgIpc) is 3.24. The summed E-state index contributed by atoms with van der Waals surface area (Å²) in [5.41, 5.74) is 0.782. The second-order valence-corrected chi connectivity index (χ2v) is 9.71. The summed E-state index contributed by atoms with van der Waals surface area (Å²) in [5, 5.41) is 3.24. The number of sulfonamides is 1. The van der Waals surface area contributed by atoms with Crippen molar-refractivity contribution in [2.75, 3.05) is 23.4 Å². The maximum absolute atomic E-state index is 12.8. The molecule has 0 unspecified atom stereocenters. The molecule has 8 nitrogen and oxygen atoms in total. The molecule has 31 heavy (non-hydrogen) atoms. The van der Waals surface area contributed by atoms with Gasteiger partial charge in [-0.3, -0.25) is 14.5 Å². The fraction of sp³-hybridized carbons (Fsp3) is 0.333. The quantitative estimate of drug-likeness (QED) is 0.685. The van der Waals surface area contributed by atoms with E-state index in [-0.39, 0.29) is 29.8 Å². The molecule has 1 fully saturated rings. The van der Waals surface area contributed by atoms with E-state index in [0.717, 1.165) is 25.7 Å². The minimum Gasteiger partial charge on any atom is -0.482 e. The van der Waals surface area contributed by atoms with Crippen molar-refractivity contribution >= 4 is 44.8 Å². The zero-order valence-corrected chi connectivity index (χ0v) is 18.2. The van der Waals surface area contributed by atoms with Crippen LogP contribution in [-0.2, 0) is 19.6 Å². The van der Waals surface area contributed by atoms with Gasteiger partial charge in [0.2, 0.25) is 15.9 Å². The third kappa shape index (κ3) is 5.00. The second-order valence-electron chi connectivity index (χ2n) is 7.56. The van der Waals surface area contributed by atoms with Crippen LogP contribution in [0.2, 0.25) is 5.02 Å². The Kier molecular flexibility index (Phi) is 6.17. The Bertz CT molecular complexity index is 1100. The van der Waals surface area contributed by atoms with Gasteiger partial charge in [0.05, 0.1) is 10.6 Å². The Balaban J connectivity index is 1.55. The lowest BCUT2D eigenvalue weighted by Gasteiger charge is -2.29. The molecular formula is C21H22ClN3O5S. The van der Waals surface area contributed by atoms with Crippen molar-refractivity contribution in [3.05, 3.63) is 47.5 Å². The number of rotatable bonds is 6. The topological polar surface area (TPSA) is 105 Å². The molecule has 4 rings (SSSR count). The number of ether oxygens (including phenoxy) is 1. The van der Waals surface area contributed by atoms with Crippen LogP contribution in [0.15, 0.2) is 47.4 Å². The number of nitrogens with zero attached hydrogens (tertiary/aromatic N) is 1. The molecule has 1 aliphatic heterocycles. The standard InChI is InChI=1S/C21H22ClN3O5S/c22-14-5-7-15(8-6-14)23-20(26)12-25-18-11-17(9-10-19(18)30-13-21(25)27)31(28,29)24-16-3-1-2-4-16/h5-11,16,24H,1-4,12-13H2,(H,23,26). The van der Waals surface area contributed by atoms with Crippen molar-refractivity contribution in [2.24, 2.45) is 0 Å². The first-order valence-electron chi connectivity index (χ1n) is 9.97. The molecular weight excluding hydrogens is 442 g/mol. The molecule has 0 spiro atoms. The van der Waals surface area contributed by atoms with Gasteiger partial charge >= 0.3 is 0 Å². The van der Waals surface area contributed by atoms with Crippen molar-refractivity contribution in [3.63, 3.8) is 0 Å². The van der Waals surface area contributed by atoms with Gasteiger partial charge in [-0.05, 0) is 55.3 Å². The predicted molar refractivity (Wildman–Crippen MR) is 117 cm³/mol. The van der Waals surface area contributed by atoms with Crippen LogP contribution in [0.3, 0.4) is 0 Å². The number of benzene rings is 2. The zero-order valence-electron chi connectivity index (χ0n) is 16.6. The first kappa shape index (κ1) is 21.6. The number of carbonyl (C=O) groups excluding carboxylic acids is 2. The lowest BCUT2D eigenvalue weighted by atomic mass is 10.2. The molecule has 2 N–H and O–H groups in total. The minimum atomic E-state index is -3.76. The number of amides is 2. The van der Waals surface area contributed by atoms with Gasteiger partial charge in [-0.25, -0.2) is 13.1 Å². The molecule has 0 saturated heterocycles. The summed E-state index contributed by atoms with van der Waals surface area (Å²) >= 11 is 5.85. The third-order valence-corrected chi connectivity index (χ3v) is 7.06. The summed E-state index contributed by atoms with van der Waals surface area (Å²) in [6, 6.07) is 10.8. The third-order valence-electron chi connectivity index (χ3n) is 5.29. The molecule has 164 valence electrons. The summed E-state index contributed by atoms with van der Waals surface area (Å²) in [6.07, 6.45) is 3.61. The minimum absolute atomic E-state index is 0.0274. The maximum Gasteiger partial charge on any atom is 0.265 e. The van der Waals surface area contributed by atoms with Gasteiger partial charge in [0.15, 0.2) is 6.61 Å². The van der Waals surface area contributed by atoms with E-state index in [1.807, 2.05) is 0 Å². The molecule has 1 aliphatic carbocycles. The van der Waals surface area contributed by atoms with Crippen LogP contribution in [0.25, 0.3) is 0 Å². The second kappa shape index (κ2) is 8.86. The SMILES string of the molecule is O=C(CN1C(=O)COc2ccc(S(=O)(=O)NC3CCCC3)cc21)Nc1ccc(Cl)cc1. The highest BCUT2D eigenvalue weighted by atomic mass is 35.5. The van der Waals surface area contributed by atoms with Crippen molar-refractivity contribution in [3.8, 4) is 5.75 Å². The van der Waals surface area contributed by atoms with E-state index in [1.54, 1.807) is 24.3 Å². The fourth-order valence-electron chi connectivity index (χ4n) is 3.73. The van der Waals surface area contributed by atoms with Gasteiger partial charge < -0.3 is 10.1 Å². The van der Waals surface area contributed by atoms with Crippen LogP contribution < -0.4 is 19.7 Å². The molecule has 2 aromatic rings. The van der Waals surface area contributed by atoms with Crippen LogP contribution in [0.1, 0.15) is 25.7 Å². The van der Waals surface area contributed by atoms with E-state index in [9.17, 15) is 18.0 Å². The van der Waals surface area contributed by atoms with Gasteiger partial charge in [0, 0.05) is 16.8 Å². The smallest absolute Gasteiger partial charge is 0.265 e. The Morgan fingerprint density at radius 3 is 2.55 bits per heavy atom. The lowest BCUT2D eigenvalue weighted by Crippen LogP contribution is -2.43. The van der Waals surface area contributed by atoms with Gasteiger partial charge in [-0.2, -0.15) is 0 Å². The summed E-state index contributed by atoms with van der Waals surface area (Å²) in [6.45, 7) is -0.509. The largest absolute Gasteiger partial charge is 0.482 e. The Morgan fingerprint density at radius 1 is 1.13 bits per heavy atom. The summed E-state index contributed by atoms with van der Waals surface area (Å²) in [7, 11) is -3.76. The number of hydrogen-bond donors (Lipinski definition) is 2. The highest BCUT2D eigenvalue weighted by molar-refractivity contribution is 7.89. The van der Waals surface area contributed by atoms with E-state index in [4.69, 9.17) is 16.3 Å². The molecule has 1 saturated carbocycles. The van der Waals surface area contributed by atoms with Crippen LogP contribution in [-0.4, -0.2) is 39.4 Å². The molecule has 0 atom stereocenters. The molecule has 2 aliphatic rings. The molecule has 10 heteroatoms. The molecule has 0 radical (unpaired) electrons. The van der Waals surface area contributed by atoms with E-state index in [1.165, 1.54) is 23.1 Å². The normalized spacial score (nSPS) is 16.7. The van der Waals surface area contributed by atoms with E-state index in [0.29, 0.717) is 16.5 Å². The van der Waals surface area contributed by atoms with E-state index >= 15 is 0 Å². The monoisotopic (exact) mass is 463 g/mol. The van der Waals surface area contributed by atoms with Gasteiger partial charge in [-0.15, -0.1) is 0 Å². The number of halogens is 1. The Hall–Kier alpha value is -2.62.